The number of piperidine rings is 1. The SMILES string of the molecule is CC(C)(C)OC(=O)N1CCC(C)([N+](=O)[O-])CC1. The first-order valence-corrected chi connectivity index (χ1v) is 5.76. The Hall–Kier alpha value is -1.33. The fraction of sp³-hybridized carbons (Fsp3) is 0.909. The van der Waals surface area contributed by atoms with E-state index in [-0.39, 0.29) is 11.0 Å². The number of ether oxygens (including phenoxy) is 1. The van der Waals surface area contributed by atoms with E-state index in [0.29, 0.717) is 25.9 Å². The van der Waals surface area contributed by atoms with Crippen LogP contribution in [0.3, 0.4) is 0 Å². The van der Waals surface area contributed by atoms with E-state index < -0.39 is 11.1 Å². The van der Waals surface area contributed by atoms with Gasteiger partial charge >= 0.3 is 6.09 Å². The lowest BCUT2D eigenvalue weighted by molar-refractivity contribution is -0.570. The second-order valence-electron chi connectivity index (χ2n) is 5.72. The summed E-state index contributed by atoms with van der Waals surface area (Å²) in [6, 6.07) is 0. The van der Waals surface area contributed by atoms with E-state index in [4.69, 9.17) is 4.74 Å². The summed E-state index contributed by atoms with van der Waals surface area (Å²) >= 11 is 0. The van der Waals surface area contributed by atoms with Crippen molar-refractivity contribution in [2.24, 2.45) is 0 Å². The maximum atomic E-state index is 11.7. The van der Waals surface area contributed by atoms with E-state index in [9.17, 15) is 14.9 Å². The third-order valence-electron chi connectivity index (χ3n) is 2.93. The van der Waals surface area contributed by atoms with E-state index in [2.05, 4.69) is 0 Å². The topological polar surface area (TPSA) is 72.7 Å². The number of rotatable bonds is 1. The number of hydrogen-bond donors (Lipinski definition) is 0. The van der Waals surface area contributed by atoms with Crippen molar-refractivity contribution in [3.63, 3.8) is 0 Å². The van der Waals surface area contributed by atoms with Crippen molar-refractivity contribution in [2.75, 3.05) is 13.1 Å². The van der Waals surface area contributed by atoms with Crippen molar-refractivity contribution in [3.8, 4) is 0 Å². The van der Waals surface area contributed by atoms with E-state index in [1.165, 1.54) is 4.90 Å². The zero-order valence-electron chi connectivity index (χ0n) is 10.9. The van der Waals surface area contributed by atoms with Gasteiger partial charge in [-0.15, -0.1) is 0 Å². The summed E-state index contributed by atoms with van der Waals surface area (Å²) in [6.45, 7) is 7.79. The fourth-order valence-corrected chi connectivity index (χ4v) is 1.68. The lowest BCUT2D eigenvalue weighted by Crippen LogP contribution is -2.50. The quantitative estimate of drug-likeness (QED) is 0.522. The Morgan fingerprint density at radius 2 is 1.82 bits per heavy atom. The molecule has 0 aromatic heterocycles. The van der Waals surface area contributed by atoms with Gasteiger partial charge in [-0.2, -0.15) is 0 Å². The van der Waals surface area contributed by atoms with Crippen LogP contribution in [0.15, 0.2) is 0 Å². The molecule has 1 heterocycles. The van der Waals surface area contributed by atoms with Crippen LogP contribution in [0.2, 0.25) is 0 Å². The summed E-state index contributed by atoms with van der Waals surface area (Å²) in [6.07, 6.45) is 0.362. The summed E-state index contributed by atoms with van der Waals surface area (Å²) in [5.74, 6) is 0. The minimum Gasteiger partial charge on any atom is -0.444 e. The molecule has 0 aromatic carbocycles. The normalized spacial score (nSPS) is 19.9. The third kappa shape index (κ3) is 3.57. The van der Waals surface area contributed by atoms with Gasteiger partial charge in [0.2, 0.25) is 5.54 Å². The summed E-state index contributed by atoms with van der Waals surface area (Å²) < 4.78 is 5.22. The van der Waals surface area contributed by atoms with Crippen LogP contribution >= 0.6 is 0 Å². The molecule has 0 bridgehead atoms. The molecule has 6 nitrogen and oxygen atoms in total. The average molecular weight is 244 g/mol. The Bertz CT molecular complexity index is 314. The highest BCUT2D eigenvalue weighted by molar-refractivity contribution is 5.68. The van der Waals surface area contributed by atoms with Crippen molar-refractivity contribution in [1.29, 1.82) is 0 Å². The second kappa shape index (κ2) is 4.50. The molecule has 1 aliphatic rings. The van der Waals surface area contributed by atoms with Gasteiger partial charge in [-0.1, -0.05) is 0 Å². The highest BCUT2D eigenvalue weighted by Crippen LogP contribution is 2.25. The van der Waals surface area contributed by atoms with Gasteiger partial charge in [-0.25, -0.2) is 4.79 Å². The van der Waals surface area contributed by atoms with E-state index in [0.717, 1.165) is 0 Å². The molecule has 0 atom stereocenters. The number of hydrogen-bond acceptors (Lipinski definition) is 4. The zero-order chi connectivity index (χ0) is 13.3. The predicted molar refractivity (Wildman–Crippen MR) is 62.4 cm³/mol. The first-order chi connectivity index (χ1) is 7.64. The van der Waals surface area contributed by atoms with Crippen molar-refractivity contribution < 1.29 is 14.5 Å². The van der Waals surface area contributed by atoms with Crippen LogP contribution in [-0.4, -0.2) is 40.1 Å². The minimum absolute atomic E-state index is 0.251. The Balaban J connectivity index is 2.53. The molecule has 1 aliphatic heterocycles. The van der Waals surface area contributed by atoms with Gasteiger partial charge in [0.1, 0.15) is 5.60 Å². The van der Waals surface area contributed by atoms with Gasteiger partial charge in [0.15, 0.2) is 0 Å². The smallest absolute Gasteiger partial charge is 0.410 e. The largest absolute Gasteiger partial charge is 0.444 e. The van der Waals surface area contributed by atoms with Gasteiger partial charge in [-0.05, 0) is 20.8 Å². The molecule has 17 heavy (non-hydrogen) atoms. The molecule has 0 unspecified atom stereocenters. The highest BCUT2D eigenvalue weighted by atomic mass is 16.6. The van der Waals surface area contributed by atoms with Gasteiger partial charge in [-0.3, -0.25) is 10.1 Å². The monoisotopic (exact) mass is 244 g/mol. The van der Waals surface area contributed by atoms with E-state index in [1.54, 1.807) is 27.7 Å². The van der Waals surface area contributed by atoms with Crippen LogP contribution in [0, 0.1) is 10.1 Å². The maximum absolute atomic E-state index is 11.7. The minimum atomic E-state index is -0.904. The molecule has 1 fully saturated rings. The van der Waals surface area contributed by atoms with Crippen LogP contribution in [0.1, 0.15) is 40.5 Å². The number of likely N-dealkylation sites (tertiary alicyclic amines) is 1. The maximum Gasteiger partial charge on any atom is 0.410 e. The van der Waals surface area contributed by atoms with Crippen molar-refractivity contribution in [1.82, 2.24) is 4.90 Å². The Morgan fingerprint density at radius 1 is 1.35 bits per heavy atom. The van der Waals surface area contributed by atoms with Crippen LogP contribution < -0.4 is 0 Å². The standard InChI is InChI=1S/C11H20N2O4/c1-10(2,3)17-9(14)12-7-5-11(4,6-8-12)13(15)16/h5-8H2,1-4H3. The molecular formula is C11H20N2O4. The first-order valence-electron chi connectivity index (χ1n) is 5.76. The molecule has 0 radical (unpaired) electrons. The lowest BCUT2D eigenvalue weighted by atomic mass is 9.91. The highest BCUT2D eigenvalue weighted by Gasteiger charge is 2.42. The molecular weight excluding hydrogens is 224 g/mol. The van der Waals surface area contributed by atoms with E-state index in [1.807, 2.05) is 0 Å². The summed E-state index contributed by atoms with van der Waals surface area (Å²) in [4.78, 5) is 23.9. The third-order valence-corrected chi connectivity index (χ3v) is 2.93. The van der Waals surface area contributed by atoms with Gasteiger partial charge in [0.25, 0.3) is 0 Å². The summed E-state index contributed by atoms with van der Waals surface area (Å²) in [5.41, 5.74) is -1.43. The summed E-state index contributed by atoms with van der Waals surface area (Å²) in [5, 5.41) is 10.9. The van der Waals surface area contributed by atoms with E-state index >= 15 is 0 Å². The summed E-state index contributed by atoms with van der Waals surface area (Å²) in [7, 11) is 0. The number of nitro groups is 1. The average Bonchev–Trinajstić information content (AvgIpc) is 2.15. The first kappa shape index (κ1) is 13.7. The van der Waals surface area contributed by atoms with Crippen molar-refractivity contribution in [2.45, 2.75) is 51.7 Å². The van der Waals surface area contributed by atoms with Crippen LogP contribution in [0.25, 0.3) is 0 Å². The molecule has 0 N–H and O–H groups in total. The Labute approximate surface area is 101 Å². The molecule has 1 amide bonds. The molecule has 1 rings (SSSR count). The number of carbonyl (C=O) groups excluding carboxylic acids is 1. The molecule has 0 spiro atoms. The number of carbonyl (C=O) groups is 1. The number of nitrogens with zero attached hydrogens (tertiary/aromatic N) is 2. The van der Waals surface area contributed by atoms with Gasteiger partial charge in [0.05, 0.1) is 0 Å². The Morgan fingerprint density at radius 3 is 2.18 bits per heavy atom. The van der Waals surface area contributed by atoms with Crippen LogP contribution in [0.5, 0.6) is 0 Å². The lowest BCUT2D eigenvalue weighted by Gasteiger charge is -2.34. The molecule has 0 saturated carbocycles. The molecule has 98 valence electrons. The number of amides is 1. The zero-order valence-corrected chi connectivity index (χ0v) is 10.9. The molecule has 1 saturated heterocycles. The van der Waals surface area contributed by atoms with Crippen LogP contribution in [-0.2, 0) is 4.74 Å². The molecule has 6 heteroatoms. The van der Waals surface area contributed by atoms with Crippen LogP contribution in [0.4, 0.5) is 4.79 Å². The van der Waals surface area contributed by atoms with Gasteiger partial charge in [0, 0.05) is 37.8 Å². The van der Waals surface area contributed by atoms with Crippen molar-refractivity contribution >= 4 is 6.09 Å². The van der Waals surface area contributed by atoms with Crippen molar-refractivity contribution in [3.05, 3.63) is 10.1 Å². The van der Waals surface area contributed by atoms with Gasteiger partial charge < -0.3 is 9.64 Å². The second-order valence-corrected chi connectivity index (χ2v) is 5.72. The molecule has 0 aliphatic carbocycles. The Kier molecular flexibility index (Phi) is 3.64. The molecule has 0 aromatic rings. The predicted octanol–water partition coefficient (Wildman–Crippen LogP) is 2.05. The fourth-order valence-electron chi connectivity index (χ4n) is 1.68.